The number of nitrogens with one attached hydrogen (secondary N) is 1. The Labute approximate surface area is 114 Å². The molecule has 3 saturated carbocycles. The van der Waals surface area contributed by atoms with Crippen LogP contribution in [0.2, 0.25) is 0 Å². The standard InChI is InChI=1S/C15H22N4/c1-2-11(1)10-19(14-6-7-14)15-8-5-13(17-18-15)9-16-12-3-4-12/h5,8,11-12,14,16H,1-4,6-7,9-10H2. The monoisotopic (exact) mass is 258 g/mol. The van der Waals surface area contributed by atoms with E-state index >= 15 is 0 Å². The number of aromatic nitrogens is 2. The van der Waals surface area contributed by atoms with Crippen molar-refractivity contribution in [3.63, 3.8) is 0 Å². The quantitative estimate of drug-likeness (QED) is 0.813. The van der Waals surface area contributed by atoms with Crippen molar-refractivity contribution in [3.8, 4) is 0 Å². The van der Waals surface area contributed by atoms with Gasteiger partial charge in [-0.15, -0.1) is 5.10 Å². The predicted molar refractivity (Wildman–Crippen MR) is 75.0 cm³/mol. The van der Waals surface area contributed by atoms with Crippen LogP contribution < -0.4 is 10.2 Å². The SMILES string of the molecule is c1cc(N(CC2CC2)C2CC2)nnc1CNC1CC1. The van der Waals surface area contributed by atoms with Gasteiger partial charge in [-0.1, -0.05) is 0 Å². The van der Waals surface area contributed by atoms with Gasteiger partial charge in [-0.05, 0) is 56.6 Å². The molecule has 0 unspecified atom stereocenters. The highest BCUT2D eigenvalue weighted by molar-refractivity contribution is 5.41. The second-order valence-electron chi connectivity index (χ2n) is 6.36. The highest BCUT2D eigenvalue weighted by Gasteiger charge is 2.34. The van der Waals surface area contributed by atoms with E-state index in [1.807, 2.05) is 0 Å². The molecule has 0 aliphatic heterocycles. The Morgan fingerprint density at radius 3 is 2.47 bits per heavy atom. The van der Waals surface area contributed by atoms with Crippen LogP contribution >= 0.6 is 0 Å². The third-order valence-electron chi connectivity index (χ3n) is 4.29. The van der Waals surface area contributed by atoms with E-state index in [4.69, 9.17) is 0 Å². The van der Waals surface area contributed by atoms with Crippen molar-refractivity contribution in [1.82, 2.24) is 15.5 Å². The maximum Gasteiger partial charge on any atom is 0.151 e. The van der Waals surface area contributed by atoms with E-state index in [2.05, 4.69) is 32.5 Å². The molecule has 1 N–H and O–H groups in total. The van der Waals surface area contributed by atoms with Gasteiger partial charge in [-0.3, -0.25) is 0 Å². The van der Waals surface area contributed by atoms with Crippen molar-refractivity contribution < 1.29 is 0 Å². The summed E-state index contributed by atoms with van der Waals surface area (Å²) >= 11 is 0. The van der Waals surface area contributed by atoms with Crippen LogP contribution in [0.5, 0.6) is 0 Å². The van der Waals surface area contributed by atoms with Crippen molar-refractivity contribution in [2.75, 3.05) is 11.4 Å². The van der Waals surface area contributed by atoms with Gasteiger partial charge in [0.2, 0.25) is 0 Å². The summed E-state index contributed by atoms with van der Waals surface area (Å²) in [4.78, 5) is 2.49. The van der Waals surface area contributed by atoms with Crippen LogP contribution in [0.3, 0.4) is 0 Å². The van der Waals surface area contributed by atoms with Crippen LogP contribution in [0.4, 0.5) is 5.82 Å². The summed E-state index contributed by atoms with van der Waals surface area (Å²) in [5.41, 5.74) is 1.07. The zero-order valence-corrected chi connectivity index (χ0v) is 11.4. The Kier molecular flexibility index (Phi) is 2.91. The van der Waals surface area contributed by atoms with E-state index < -0.39 is 0 Å². The molecule has 0 aromatic carbocycles. The first-order valence-electron chi connectivity index (χ1n) is 7.71. The summed E-state index contributed by atoms with van der Waals surface area (Å²) < 4.78 is 0. The number of rotatable bonds is 7. The van der Waals surface area contributed by atoms with Crippen LogP contribution in [-0.4, -0.2) is 28.8 Å². The lowest BCUT2D eigenvalue weighted by Gasteiger charge is -2.22. The van der Waals surface area contributed by atoms with E-state index in [1.54, 1.807) is 0 Å². The van der Waals surface area contributed by atoms with Gasteiger partial charge < -0.3 is 10.2 Å². The van der Waals surface area contributed by atoms with Crippen LogP contribution in [-0.2, 0) is 6.54 Å². The van der Waals surface area contributed by atoms with Gasteiger partial charge in [0.1, 0.15) is 0 Å². The summed E-state index contributed by atoms with van der Waals surface area (Å²) in [7, 11) is 0. The Morgan fingerprint density at radius 2 is 1.89 bits per heavy atom. The molecule has 3 aliphatic carbocycles. The number of anilines is 1. The Hall–Kier alpha value is -1.16. The molecule has 4 nitrogen and oxygen atoms in total. The van der Waals surface area contributed by atoms with E-state index in [0.29, 0.717) is 0 Å². The van der Waals surface area contributed by atoms with Gasteiger partial charge in [0, 0.05) is 25.2 Å². The average Bonchev–Trinajstić information content (AvgIpc) is 3.29. The van der Waals surface area contributed by atoms with Gasteiger partial charge in [0.05, 0.1) is 5.69 Å². The fraction of sp³-hybridized carbons (Fsp3) is 0.733. The fourth-order valence-corrected chi connectivity index (χ4v) is 2.53. The molecule has 1 aromatic heterocycles. The zero-order chi connectivity index (χ0) is 12.7. The zero-order valence-electron chi connectivity index (χ0n) is 11.4. The Morgan fingerprint density at radius 1 is 1.05 bits per heavy atom. The van der Waals surface area contributed by atoms with Gasteiger partial charge in [-0.2, -0.15) is 5.10 Å². The molecule has 3 fully saturated rings. The molecule has 4 rings (SSSR count). The fourth-order valence-electron chi connectivity index (χ4n) is 2.53. The maximum absolute atomic E-state index is 4.46. The molecule has 0 amide bonds. The van der Waals surface area contributed by atoms with Crippen LogP contribution in [0.1, 0.15) is 44.2 Å². The molecule has 0 spiro atoms. The minimum absolute atomic E-state index is 0.735. The third kappa shape index (κ3) is 3.06. The van der Waals surface area contributed by atoms with Gasteiger partial charge >= 0.3 is 0 Å². The summed E-state index contributed by atoms with van der Waals surface area (Å²) in [6, 6.07) is 5.78. The lowest BCUT2D eigenvalue weighted by molar-refractivity contribution is 0.658. The predicted octanol–water partition coefficient (Wildman–Crippen LogP) is 2.11. The third-order valence-corrected chi connectivity index (χ3v) is 4.29. The molecule has 1 aromatic rings. The molecule has 102 valence electrons. The van der Waals surface area contributed by atoms with E-state index in [-0.39, 0.29) is 0 Å². The topological polar surface area (TPSA) is 41.1 Å². The van der Waals surface area contributed by atoms with Crippen molar-refractivity contribution in [2.24, 2.45) is 5.92 Å². The summed E-state index contributed by atoms with van der Waals surface area (Å²) in [6.07, 6.45) is 8.11. The lowest BCUT2D eigenvalue weighted by Crippen LogP contribution is -2.29. The molecule has 0 radical (unpaired) electrons. The molecular formula is C15H22N4. The van der Waals surface area contributed by atoms with E-state index in [9.17, 15) is 0 Å². The number of hydrogen-bond acceptors (Lipinski definition) is 4. The molecule has 4 heteroatoms. The highest BCUT2D eigenvalue weighted by Crippen LogP contribution is 2.36. The van der Waals surface area contributed by atoms with Crippen molar-refractivity contribution in [1.29, 1.82) is 0 Å². The summed E-state index contributed by atoms with van der Waals surface area (Å²) in [5.74, 6) is 2.00. The first-order valence-corrected chi connectivity index (χ1v) is 7.71. The summed E-state index contributed by atoms with van der Waals surface area (Å²) in [6.45, 7) is 2.06. The van der Waals surface area contributed by atoms with Gasteiger partial charge in [0.15, 0.2) is 5.82 Å². The average molecular weight is 258 g/mol. The minimum Gasteiger partial charge on any atom is -0.352 e. The van der Waals surface area contributed by atoms with Crippen molar-refractivity contribution >= 4 is 5.82 Å². The first-order chi connectivity index (χ1) is 9.38. The molecular weight excluding hydrogens is 236 g/mol. The van der Waals surface area contributed by atoms with Crippen LogP contribution in [0, 0.1) is 5.92 Å². The van der Waals surface area contributed by atoms with Gasteiger partial charge in [0.25, 0.3) is 0 Å². The molecule has 0 bridgehead atoms. The Balaban J connectivity index is 1.40. The molecule has 19 heavy (non-hydrogen) atoms. The Bertz CT molecular complexity index is 432. The highest BCUT2D eigenvalue weighted by atomic mass is 15.3. The first kappa shape index (κ1) is 11.6. The lowest BCUT2D eigenvalue weighted by atomic mass is 10.3. The summed E-state index contributed by atoms with van der Waals surface area (Å²) in [5, 5.41) is 12.3. The minimum atomic E-state index is 0.735. The van der Waals surface area contributed by atoms with Crippen molar-refractivity contribution in [3.05, 3.63) is 17.8 Å². The largest absolute Gasteiger partial charge is 0.352 e. The van der Waals surface area contributed by atoms with Crippen LogP contribution in [0.15, 0.2) is 12.1 Å². The molecule has 0 atom stereocenters. The number of nitrogens with zero attached hydrogens (tertiary/aromatic N) is 3. The van der Waals surface area contributed by atoms with E-state index in [0.717, 1.165) is 36.1 Å². The molecule has 1 heterocycles. The van der Waals surface area contributed by atoms with Crippen molar-refractivity contribution in [2.45, 2.75) is 57.2 Å². The van der Waals surface area contributed by atoms with Crippen LogP contribution in [0.25, 0.3) is 0 Å². The second kappa shape index (κ2) is 4.75. The molecule has 0 saturated heterocycles. The smallest absolute Gasteiger partial charge is 0.151 e. The molecule has 3 aliphatic rings. The number of hydrogen-bond donors (Lipinski definition) is 1. The second-order valence-corrected chi connectivity index (χ2v) is 6.36. The normalized spacial score (nSPS) is 22.5. The van der Waals surface area contributed by atoms with Gasteiger partial charge in [-0.25, -0.2) is 0 Å². The van der Waals surface area contributed by atoms with E-state index in [1.165, 1.54) is 45.1 Å². The maximum atomic E-state index is 4.46.